The van der Waals surface area contributed by atoms with Crippen molar-refractivity contribution < 1.29 is 0 Å². The van der Waals surface area contributed by atoms with Crippen molar-refractivity contribution in [2.75, 3.05) is 4.90 Å². The molecule has 334 valence electrons. The summed E-state index contributed by atoms with van der Waals surface area (Å²) in [5.41, 5.74) is 22.9. The quantitative estimate of drug-likeness (QED) is 0.154. The smallest absolute Gasteiger partial charge is 0.0540 e. The van der Waals surface area contributed by atoms with Crippen LogP contribution in [0.2, 0.25) is 0 Å². The Balaban J connectivity index is 1.17. The first-order valence-electron chi connectivity index (χ1n) is 24.5. The van der Waals surface area contributed by atoms with Gasteiger partial charge in [-0.15, -0.1) is 0 Å². The Hall–Kier alpha value is -7.22. The van der Waals surface area contributed by atoms with Gasteiger partial charge in [0.1, 0.15) is 0 Å². The van der Waals surface area contributed by atoms with Crippen molar-refractivity contribution in [3.63, 3.8) is 0 Å². The van der Waals surface area contributed by atoms with Crippen LogP contribution in [0.4, 0.5) is 17.1 Å². The highest BCUT2D eigenvalue weighted by atomic mass is 15.1. The first kappa shape index (κ1) is 43.4. The van der Waals surface area contributed by atoms with Crippen molar-refractivity contribution in [2.45, 2.75) is 84.0 Å². The molecular formula is C67H61N. The van der Waals surface area contributed by atoms with Gasteiger partial charge in [0.25, 0.3) is 0 Å². The zero-order chi connectivity index (χ0) is 47.0. The van der Waals surface area contributed by atoms with Crippen LogP contribution in [-0.4, -0.2) is 0 Å². The molecule has 1 nitrogen and oxygen atoms in total. The second kappa shape index (κ2) is 16.5. The van der Waals surface area contributed by atoms with Crippen LogP contribution in [0.5, 0.6) is 0 Å². The van der Waals surface area contributed by atoms with Crippen molar-refractivity contribution >= 4 is 33.9 Å². The lowest BCUT2D eigenvalue weighted by Gasteiger charge is -2.33. The summed E-state index contributed by atoms with van der Waals surface area (Å²) in [5.74, 6) is 0.190. The second-order valence-corrected chi connectivity index (χ2v) is 21.7. The topological polar surface area (TPSA) is 3.24 Å². The van der Waals surface area contributed by atoms with E-state index in [0.717, 1.165) is 23.5 Å². The third-order valence-electron chi connectivity index (χ3n) is 14.9. The van der Waals surface area contributed by atoms with Crippen LogP contribution in [0.1, 0.15) is 107 Å². The van der Waals surface area contributed by atoms with E-state index in [2.05, 4.69) is 267 Å². The summed E-state index contributed by atoms with van der Waals surface area (Å²) in [6, 6.07) is 73.3. The lowest BCUT2D eigenvalue weighted by atomic mass is 9.74. The minimum Gasteiger partial charge on any atom is -0.309 e. The summed E-state index contributed by atoms with van der Waals surface area (Å²) < 4.78 is 0. The van der Waals surface area contributed by atoms with Gasteiger partial charge in [-0.05, 0) is 125 Å². The highest BCUT2D eigenvalue weighted by Crippen LogP contribution is 2.54. The van der Waals surface area contributed by atoms with Gasteiger partial charge in [-0.2, -0.15) is 0 Å². The molecule has 9 aromatic carbocycles. The van der Waals surface area contributed by atoms with Crippen LogP contribution in [0.15, 0.2) is 200 Å². The average molecular weight is 880 g/mol. The first-order valence-corrected chi connectivity index (χ1v) is 24.5. The van der Waals surface area contributed by atoms with Crippen LogP contribution < -0.4 is 4.90 Å². The molecule has 0 saturated heterocycles. The molecule has 0 fully saturated rings. The fourth-order valence-electron chi connectivity index (χ4n) is 11.3. The van der Waals surface area contributed by atoms with Crippen LogP contribution in [-0.2, 0) is 16.2 Å². The van der Waals surface area contributed by atoms with E-state index in [0.29, 0.717) is 0 Å². The van der Waals surface area contributed by atoms with E-state index in [1.165, 1.54) is 94.2 Å². The van der Waals surface area contributed by atoms with Gasteiger partial charge in [-0.3, -0.25) is 0 Å². The Morgan fingerprint density at radius 1 is 0.456 bits per heavy atom. The fraction of sp³-hybridized carbons (Fsp3) is 0.194. The van der Waals surface area contributed by atoms with E-state index < -0.39 is 0 Å². The Kier molecular flexibility index (Phi) is 10.5. The highest BCUT2D eigenvalue weighted by Gasteiger charge is 2.36. The first-order chi connectivity index (χ1) is 32.8. The molecule has 0 N–H and O–H groups in total. The fourth-order valence-corrected chi connectivity index (χ4v) is 11.3. The maximum absolute atomic E-state index is 2.57. The second-order valence-electron chi connectivity index (χ2n) is 21.7. The molecule has 0 heterocycles. The predicted molar refractivity (Wildman–Crippen MR) is 292 cm³/mol. The standard InChI is InChI=1S/C67H61N/c1-65(2,3)48-40-47(41-49(42-48)66(4,5)6)52-32-19-25-46-27-21-34-58(64(46)52)56-30-14-17-37-62(56)68(50-38-39-54-53-28-12-15-35-59(53)67(7,8)60(54)43-50)61-36-16-13-29-55(61)57-33-20-26-45-24-18-31-51(63(45)57)44-22-10-9-11-23-44/h9-31,33-43,52H,32H2,1-8H3. The number of fused-ring (bicyclic) bond motifs is 5. The average Bonchev–Trinajstić information content (AvgIpc) is 3.58. The van der Waals surface area contributed by atoms with Crippen LogP contribution >= 0.6 is 0 Å². The largest absolute Gasteiger partial charge is 0.309 e. The molecule has 9 aromatic rings. The molecule has 11 rings (SSSR count). The van der Waals surface area contributed by atoms with E-state index >= 15 is 0 Å². The zero-order valence-corrected chi connectivity index (χ0v) is 40.9. The number of anilines is 3. The molecule has 2 aliphatic rings. The molecule has 1 unspecified atom stereocenters. The third kappa shape index (κ3) is 7.41. The molecule has 0 amide bonds. The number of nitrogens with zero attached hydrogens (tertiary/aromatic N) is 1. The summed E-state index contributed by atoms with van der Waals surface area (Å²) in [6.07, 6.45) is 5.69. The number of hydrogen-bond acceptors (Lipinski definition) is 1. The van der Waals surface area contributed by atoms with Crippen molar-refractivity contribution in [1.82, 2.24) is 0 Å². The Bertz CT molecular complexity index is 3380. The minimum atomic E-state index is -0.168. The highest BCUT2D eigenvalue weighted by molar-refractivity contribution is 6.09. The number of hydrogen-bond donors (Lipinski definition) is 0. The van der Waals surface area contributed by atoms with Gasteiger partial charge in [0.05, 0.1) is 11.4 Å². The SMILES string of the molecule is CC(C)(C)c1cc(C2CC=Cc3cccc(-c4ccccc4N(c4ccc5c(c4)C(C)(C)c4ccccc4-5)c4ccccc4-c4cccc5cccc(-c6ccccc6)c45)c32)cc(C(C)(C)C)c1. The lowest BCUT2D eigenvalue weighted by Crippen LogP contribution is -2.19. The summed E-state index contributed by atoms with van der Waals surface area (Å²) in [7, 11) is 0. The molecular weight excluding hydrogens is 819 g/mol. The molecule has 1 atom stereocenters. The molecule has 0 radical (unpaired) electrons. The van der Waals surface area contributed by atoms with Crippen molar-refractivity contribution in [1.29, 1.82) is 0 Å². The van der Waals surface area contributed by atoms with E-state index in [-0.39, 0.29) is 22.2 Å². The molecule has 1 heteroatoms. The van der Waals surface area contributed by atoms with Gasteiger partial charge in [0.15, 0.2) is 0 Å². The molecule has 0 spiro atoms. The molecule has 0 aromatic heterocycles. The zero-order valence-electron chi connectivity index (χ0n) is 40.9. The molecule has 0 saturated carbocycles. The monoisotopic (exact) mass is 879 g/mol. The van der Waals surface area contributed by atoms with Gasteiger partial charge in [-0.25, -0.2) is 0 Å². The summed E-state index contributed by atoms with van der Waals surface area (Å²) in [5, 5.41) is 2.48. The van der Waals surface area contributed by atoms with Crippen LogP contribution in [0, 0.1) is 0 Å². The molecule has 0 bridgehead atoms. The minimum absolute atomic E-state index is 0.0150. The maximum atomic E-state index is 2.57. The summed E-state index contributed by atoms with van der Waals surface area (Å²) in [4.78, 5) is 2.57. The predicted octanol–water partition coefficient (Wildman–Crippen LogP) is 18.8. The Labute approximate surface area is 404 Å². The number of allylic oxidation sites excluding steroid dienone is 1. The van der Waals surface area contributed by atoms with Gasteiger partial charge >= 0.3 is 0 Å². The Morgan fingerprint density at radius 2 is 1.00 bits per heavy atom. The van der Waals surface area contributed by atoms with E-state index in [4.69, 9.17) is 0 Å². The lowest BCUT2D eigenvalue weighted by molar-refractivity contribution is 0.565. The van der Waals surface area contributed by atoms with Crippen molar-refractivity contribution in [2.24, 2.45) is 0 Å². The maximum Gasteiger partial charge on any atom is 0.0540 e. The van der Waals surface area contributed by atoms with E-state index in [9.17, 15) is 0 Å². The van der Waals surface area contributed by atoms with Crippen LogP contribution in [0.3, 0.4) is 0 Å². The molecule has 2 aliphatic carbocycles. The van der Waals surface area contributed by atoms with E-state index in [1.54, 1.807) is 0 Å². The van der Waals surface area contributed by atoms with Gasteiger partial charge in [-0.1, -0.05) is 237 Å². The number of rotatable bonds is 7. The summed E-state index contributed by atoms with van der Waals surface area (Å²) in [6.45, 7) is 18.9. The van der Waals surface area contributed by atoms with Gasteiger partial charge in [0, 0.05) is 28.1 Å². The van der Waals surface area contributed by atoms with Gasteiger partial charge < -0.3 is 4.90 Å². The summed E-state index contributed by atoms with van der Waals surface area (Å²) >= 11 is 0. The van der Waals surface area contributed by atoms with Gasteiger partial charge in [0.2, 0.25) is 0 Å². The normalized spacial score (nSPS) is 14.9. The molecule has 68 heavy (non-hydrogen) atoms. The Morgan fingerprint density at radius 3 is 1.68 bits per heavy atom. The number of para-hydroxylation sites is 2. The number of benzene rings is 9. The van der Waals surface area contributed by atoms with Crippen LogP contribution in [0.25, 0.3) is 61.4 Å². The molecule has 0 aliphatic heterocycles. The third-order valence-corrected chi connectivity index (χ3v) is 14.9. The van der Waals surface area contributed by atoms with Crippen molar-refractivity contribution in [3.05, 3.63) is 239 Å². The van der Waals surface area contributed by atoms with E-state index in [1.807, 2.05) is 0 Å². The van der Waals surface area contributed by atoms with Crippen molar-refractivity contribution in [3.8, 4) is 44.5 Å².